The van der Waals surface area contributed by atoms with Crippen molar-refractivity contribution < 1.29 is 9.18 Å². The minimum absolute atomic E-state index is 0.215. The molecule has 2 aromatic carbocycles. The lowest BCUT2D eigenvalue weighted by atomic mass is 10.1. The van der Waals surface area contributed by atoms with Crippen molar-refractivity contribution in [3.05, 3.63) is 64.7 Å². The molecule has 0 spiro atoms. The van der Waals surface area contributed by atoms with Gasteiger partial charge in [-0.15, -0.1) is 0 Å². The van der Waals surface area contributed by atoms with Gasteiger partial charge in [-0.05, 0) is 24.1 Å². The lowest BCUT2D eigenvalue weighted by Crippen LogP contribution is -2.18. The molecule has 5 heteroatoms. The number of para-hydroxylation sites is 1. The van der Waals surface area contributed by atoms with Crippen molar-refractivity contribution in [3.8, 4) is 0 Å². The van der Waals surface area contributed by atoms with Crippen molar-refractivity contribution in [1.82, 2.24) is 4.57 Å². The van der Waals surface area contributed by atoms with E-state index in [0.717, 1.165) is 16.7 Å². The van der Waals surface area contributed by atoms with Crippen molar-refractivity contribution in [2.24, 2.45) is 4.99 Å². The number of nitrogens with zero attached hydrogens (tertiary/aromatic N) is 2. The van der Waals surface area contributed by atoms with Gasteiger partial charge in [-0.3, -0.25) is 4.79 Å². The molecular weight excluding hydrogens is 311 g/mol. The smallest absolute Gasteiger partial charge is 0.252 e. The van der Waals surface area contributed by atoms with Crippen LogP contribution in [0.15, 0.2) is 53.5 Å². The van der Waals surface area contributed by atoms with E-state index >= 15 is 0 Å². The number of aryl methyl sites for hydroxylation is 1. The summed E-state index contributed by atoms with van der Waals surface area (Å²) in [4.78, 5) is 17.0. The van der Waals surface area contributed by atoms with Gasteiger partial charge in [-0.25, -0.2) is 4.39 Å². The maximum Gasteiger partial charge on any atom is 0.252 e. The van der Waals surface area contributed by atoms with E-state index in [9.17, 15) is 9.18 Å². The van der Waals surface area contributed by atoms with E-state index in [4.69, 9.17) is 0 Å². The van der Waals surface area contributed by atoms with Crippen LogP contribution in [0.5, 0.6) is 0 Å². The molecule has 1 amide bonds. The number of hydrogen-bond acceptors (Lipinski definition) is 2. The van der Waals surface area contributed by atoms with E-state index in [1.165, 1.54) is 17.4 Å². The van der Waals surface area contributed by atoms with Crippen molar-refractivity contribution in [2.45, 2.75) is 26.3 Å². The molecule has 0 atom stereocenters. The normalized spacial score (nSPS) is 12.0. The number of rotatable bonds is 4. The molecule has 1 aromatic heterocycles. The molecule has 3 aromatic rings. The van der Waals surface area contributed by atoms with Gasteiger partial charge in [-0.1, -0.05) is 54.7 Å². The van der Waals surface area contributed by atoms with E-state index in [2.05, 4.69) is 4.99 Å². The van der Waals surface area contributed by atoms with Crippen LogP contribution in [0.25, 0.3) is 10.2 Å². The lowest BCUT2D eigenvalue weighted by molar-refractivity contribution is -0.117. The predicted molar refractivity (Wildman–Crippen MR) is 90.8 cm³/mol. The Hall–Kier alpha value is -2.27. The number of thiazole rings is 1. The Morgan fingerprint density at radius 1 is 1.17 bits per heavy atom. The third-order valence-corrected chi connectivity index (χ3v) is 4.56. The fraction of sp³-hybridized carbons (Fsp3) is 0.222. The molecule has 0 N–H and O–H groups in total. The molecule has 0 aliphatic rings. The molecule has 0 aliphatic heterocycles. The van der Waals surface area contributed by atoms with Crippen LogP contribution in [0.3, 0.4) is 0 Å². The van der Waals surface area contributed by atoms with Gasteiger partial charge < -0.3 is 4.57 Å². The first-order valence-corrected chi connectivity index (χ1v) is 8.40. The molecule has 0 radical (unpaired) electrons. The first kappa shape index (κ1) is 15.6. The van der Waals surface area contributed by atoms with Crippen LogP contribution in [0.2, 0.25) is 0 Å². The average molecular weight is 328 g/mol. The molecule has 3 rings (SSSR count). The number of halogens is 1. The quantitative estimate of drug-likeness (QED) is 0.715. The monoisotopic (exact) mass is 328 g/mol. The summed E-state index contributed by atoms with van der Waals surface area (Å²) in [5, 5.41) is 0. The first-order valence-electron chi connectivity index (χ1n) is 7.58. The molecule has 1 heterocycles. The summed E-state index contributed by atoms with van der Waals surface area (Å²) in [5.41, 5.74) is 1.46. The Balaban J connectivity index is 2.02. The van der Waals surface area contributed by atoms with Crippen molar-refractivity contribution in [3.63, 3.8) is 0 Å². The molecule has 23 heavy (non-hydrogen) atoms. The Kier molecular flexibility index (Phi) is 4.67. The van der Waals surface area contributed by atoms with E-state index in [1.54, 1.807) is 10.6 Å². The van der Waals surface area contributed by atoms with Crippen LogP contribution in [-0.2, 0) is 17.8 Å². The molecule has 0 fully saturated rings. The highest BCUT2D eigenvalue weighted by Gasteiger charge is 2.11. The van der Waals surface area contributed by atoms with Crippen LogP contribution in [-0.4, -0.2) is 10.5 Å². The van der Waals surface area contributed by atoms with Crippen molar-refractivity contribution in [1.29, 1.82) is 0 Å². The second-order valence-electron chi connectivity index (χ2n) is 5.29. The highest BCUT2D eigenvalue weighted by atomic mass is 32.1. The van der Waals surface area contributed by atoms with Crippen LogP contribution >= 0.6 is 11.3 Å². The summed E-state index contributed by atoms with van der Waals surface area (Å²) in [5.74, 6) is -0.489. The summed E-state index contributed by atoms with van der Waals surface area (Å²) in [6, 6.07) is 14.5. The van der Waals surface area contributed by atoms with E-state index in [0.29, 0.717) is 16.9 Å². The van der Waals surface area contributed by atoms with Crippen molar-refractivity contribution in [2.75, 3.05) is 0 Å². The van der Waals surface area contributed by atoms with Crippen LogP contribution in [0.4, 0.5) is 4.39 Å². The maximum atomic E-state index is 14.1. The SMILES string of the molecule is CCCn1c(=NC(=O)Cc2ccccc2)sc2cccc(F)c21. The van der Waals surface area contributed by atoms with E-state index in [1.807, 2.05) is 43.3 Å². The Labute approximate surface area is 137 Å². The number of fused-ring (bicyclic) bond motifs is 1. The van der Waals surface area contributed by atoms with E-state index < -0.39 is 0 Å². The van der Waals surface area contributed by atoms with Crippen LogP contribution < -0.4 is 4.80 Å². The highest BCUT2D eigenvalue weighted by molar-refractivity contribution is 7.16. The van der Waals surface area contributed by atoms with Gasteiger partial charge in [0, 0.05) is 6.54 Å². The molecular formula is C18H17FN2OS. The average Bonchev–Trinajstić information content (AvgIpc) is 2.87. The Bertz CT molecular complexity index is 896. The van der Waals surface area contributed by atoms with Gasteiger partial charge in [0.2, 0.25) is 0 Å². The largest absolute Gasteiger partial charge is 0.314 e. The number of benzene rings is 2. The minimum atomic E-state index is -0.274. The Morgan fingerprint density at radius 3 is 2.70 bits per heavy atom. The number of carbonyl (C=O) groups excluding carboxylic acids is 1. The maximum absolute atomic E-state index is 14.1. The highest BCUT2D eigenvalue weighted by Crippen LogP contribution is 2.20. The summed E-state index contributed by atoms with van der Waals surface area (Å²) >= 11 is 1.35. The zero-order valence-electron chi connectivity index (χ0n) is 12.8. The lowest BCUT2D eigenvalue weighted by Gasteiger charge is -2.03. The summed E-state index contributed by atoms with van der Waals surface area (Å²) < 4.78 is 16.7. The zero-order valence-corrected chi connectivity index (χ0v) is 13.6. The fourth-order valence-electron chi connectivity index (χ4n) is 2.52. The van der Waals surface area contributed by atoms with Gasteiger partial charge in [0.05, 0.1) is 16.6 Å². The van der Waals surface area contributed by atoms with Gasteiger partial charge in [0.15, 0.2) is 4.80 Å². The summed E-state index contributed by atoms with van der Waals surface area (Å²) in [6.07, 6.45) is 1.10. The summed E-state index contributed by atoms with van der Waals surface area (Å²) in [6.45, 7) is 2.66. The van der Waals surface area contributed by atoms with Crippen molar-refractivity contribution >= 4 is 27.5 Å². The number of aromatic nitrogens is 1. The van der Waals surface area contributed by atoms with E-state index in [-0.39, 0.29) is 18.1 Å². The third kappa shape index (κ3) is 3.40. The third-order valence-electron chi connectivity index (χ3n) is 3.52. The second-order valence-corrected chi connectivity index (χ2v) is 6.30. The molecule has 118 valence electrons. The first-order chi connectivity index (χ1) is 11.2. The van der Waals surface area contributed by atoms with Gasteiger partial charge >= 0.3 is 0 Å². The van der Waals surface area contributed by atoms with Gasteiger partial charge in [0.25, 0.3) is 5.91 Å². The standard InChI is InChI=1S/C18H17FN2OS/c1-2-11-21-17-14(19)9-6-10-15(17)23-18(21)20-16(22)12-13-7-4-3-5-8-13/h3-10H,2,11-12H2,1H3. The molecule has 0 saturated carbocycles. The topological polar surface area (TPSA) is 34.4 Å². The van der Waals surface area contributed by atoms with Gasteiger partial charge in [0.1, 0.15) is 5.82 Å². The Morgan fingerprint density at radius 2 is 1.96 bits per heavy atom. The zero-order chi connectivity index (χ0) is 16.2. The second kappa shape index (κ2) is 6.87. The fourth-order valence-corrected chi connectivity index (χ4v) is 3.61. The predicted octanol–water partition coefficient (Wildman–Crippen LogP) is 3.92. The molecule has 0 aliphatic carbocycles. The van der Waals surface area contributed by atoms with Crippen LogP contribution in [0.1, 0.15) is 18.9 Å². The molecule has 0 bridgehead atoms. The molecule has 3 nitrogen and oxygen atoms in total. The van der Waals surface area contributed by atoms with Gasteiger partial charge in [-0.2, -0.15) is 4.99 Å². The molecule has 0 unspecified atom stereocenters. The number of carbonyl (C=O) groups is 1. The molecule has 0 saturated heterocycles. The number of hydrogen-bond donors (Lipinski definition) is 0. The van der Waals surface area contributed by atoms with Crippen LogP contribution in [0, 0.1) is 5.82 Å². The summed E-state index contributed by atoms with van der Waals surface area (Å²) in [7, 11) is 0. The number of amides is 1. The minimum Gasteiger partial charge on any atom is -0.314 e.